The molecule has 0 atom stereocenters. The monoisotopic (exact) mass is 297 g/mol. The van der Waals surface area contributed by atoms with Gasteiger partial charge in [-0.1, -0.05) is 0 Å². The van der Waals surface area contributed by atoms with E-state index < -0.39 is 5.97 Å². The molecule has 3 rings (SSSR count). The number of methoxy groups -OCH3 is 1. The van der Waals surface area contributed by atoms with Crippen LogP contribution in [0.25, 0.3) is 10.9 Å². The van der Waals surface area contributed by atoms with E-state index in [-0.39, 0.29) is 5.56 Å². The van der Waals surface area contributed by atoms with Crippen LogP contribution in [0.5, 0.6) is 11.5 Å². The van der Waals surface area contributed by atoms with Gasteiger partial charge in [-0.05, 0) is 42.5 Å². The highest BCUT2D eigenvalue weighted by atomic mass is 16.5. The summed E-state index contributed by atoms with van der Waals surface area (Å²) in [7, 11) is 1.61. The van der Waals surface area contributed by atoms with Crippen LogP contribution in [-0.2, 0) is 6.61 Å². The molecule has 5 nitrogen and oxygen atoms in total. The SMILES string of the molecule is COc1ccc(OCc2c[nH]c3ccc(C(=O)O)cc23)cc1. The summed E-state index contributed by atoms with van der Waals surface area (Å²) < 4.78 is 10.8. The Morgan fingerprint density at radius 1 is 1.14 bits per heavy atom. The average molecular weight is 297 g/mol. The van der Waals surface area contributed by atoms with Crippen LogP contribution in [0.15, 0.2) is 48.7 Å². The van der Waals surface area contributed by atoms with Crippen molar-refractivity contribution in [1.29, 1.82) is 0 Å². The number of aromatic carboxylic acids is 1. The standard InChI is InChI=1S/C17H15NO4/c1-21-13-3-5-14(6-4-13)22-10-12-9-18-16-7-2-11(17(19)20)8-15(12)16/h2-9,18H,10H2,1H3,(H,19,20). The van der Waals surface area contributed by atoms with Gasteiger partial charge in [-0.15, -0.1) is 0 Å². The van der Waals surface area contributed by atoms with Crippen molar-refractivity contribution in [2.45, 2.75) is 6.61 Å². The zero-order valence-corrected chi connectivity index (χ0v) is 12.0. The van der Waals surface area contributed by atoms with Crippen molar-refractivity contribution in [3.8, 4) is 11.5 Å². The molecule has 0 unspecified atom stereocenters. The van der Waals surface area contributed by atoms with Gasteiger partial charge in [0.05, 0.1) is 12.7 Å². The summed E-state index contributed by atoms with van der Waals surface area (Å²) >= 11 is 0. The second kappa shape index (κ2) is 5.81. The van der Waals surface area contributed by atoms with E-state index in [1.807, 2.05) is 30.5 Å². The van der Waals surface area contributed by atoms with E-state index in [9.17, 15) is 4.79 Å². The van der Waals surface area contributed by atoms with Gasteiger partial charge in [-0.3, -0.25) is 0 Å². The fourth-order valence-corrected chi connectivity index (χ4v) is 2.26. The lowest BCUT2D eigenvalue weighted by molar-refractivity contribution is 0.0697. The molecule has 1 aromatic heterocycles. The Hall–Kier alpha value is -2.95. The molecule has 0 radical (unpaired) electrons. The topological polar surface area (TPSA) is 71.5 Å². The summed E-state index contributed by atoms with van der Waals surface area (Å²) in [6, 6.07) is 12.3. The van der Waals surface area contributed by atoms with Gasteiger partial charge in [0.2, 0.25) is 0 Å². The first-order valence-corrected chi connectivity index (χ1v) is 6.77. The predicted molar refractivity (Wildman–Crippen MR) is 82.6 cm³/mol. The zero-order valence-electron chi connectivity index (χ0n) is 12.0. The molecule has 0 aliphatic rings. The molecule has 2 aromatic carbocycles. The fraction of sp³-hybridized carbons (Fsp3) is 0.118. The minimum atomic E-state index is -0.940. The van der Waals surface area contributed by atoms with Gasteiger partial charge in [-0.25, -0.2) is 4.79 Å². The van der Waals surface area contributed by atoms with Crippen molar-refractivity contribution < 1.29 is 19.4 Å². The number of nitrogens with one attached hydrogen (secondary N) is 1. The number of aromatic amines is 1. The molecular weight excluding hydrogens is 282 g/mol. The number of fused-ring (bicyclic) bond motifs is 1. The average Bonchev–Trinajstić information content (AvgIpc) is 2.95. The Bertz CT molecular complexity index is 805. The van der Waals surface area contributed by atoms with Crippen LogP contribution in [0.4, 0.5) is 0 Å². The molecule has 112 valence electrons. The third-order valence-corrected chi connectivity index (χ3v) is 3.47. The second-order valence-electron chi connectivity index (χ2n) is 4.84. The van der Waals surface area contributed by atoms with Crippen molar-refractivity contribution in [3.63, 3.8) is 0 Å². The second-order valence-corrected chi connectivity index (χ2v) is 4.84. The van der Waals surface area contributed by atoms with Gasteiger partial charge in [0.1, 0.15) is 18.1 Å². The molecular formula is C17H15NO4. The molecule has 0 bridgehead atoms. The number of H-pyrrole nitrogens is 1. The zero-order chi connectivity index (χ0) is 15.5. The van der Waals surface area contributed by atoms with Gasteiger partial charge in [0.25, 0.3) is 0 Å². The summed E-state index contributed by atoms with van der Waals surface area (Å²) in [4.78, 5) is 14.2. The third-order valence-electron chi connectivity index (χ3n) is 3.47. The van der Waals surface area contributed by atoms with Crippen LogP contribution in [-0.4, -0.2) is 23.2 Å². The van der Waals surface area contributed by atoms with E-state index in [0.29, 0.717) is 6.61 Å². The smallest absolute Gasteiger partial charge is 0.335 e. The molecule has 0 aliphatic carbocycles. The van der Waals surface area contributed by atoms with Crippen LogP contribution in [0.2, 0.25) is 0 Å². The highest BCUT2D eigenvalue weighted by Gasteiger charge is 2.09. The first-order chi connectivity index (χ1) is 10.7. The van der Waals surface area contributed by atoms with Crippen LogP contribution in [0.1, 0.15) is 15.9 Å². The number of carboxylic acid groups (broad SMARTS) is 1. The van der Waals surface area contributed by atoms with Crippen molar-refractivity contribution in [2.75, 3.05) is 7.11 Å². The molecule has 1 heterocycles. The molecule has 0 amide bonds. The molecule has 0 saturated carbocycles. The predicted octanol–water partition coefficient (Wildman–Crippen LogP) is 3.45. The molecule has 0 aliphatic heterocycles. The van der Waals surface area contributed by atoms with Crippen LogP contribution < -0.4 is 9.47 Å². The summed E-state index contributed by atoms with van der Waals surface area (Å²) in [6.07, 6.45) is 1.83. The first-order valence-electron chi connectivity index (χ1n) is 6.77. The highest BCUT2D eigenvalue weighted by Crippen LogP contribution is 2.23. The maximum absolute atomic E-state index is 11.1. The van der Waals surface area contributed by atoms with Crippen LogP contribution >= 0.6 is 0 Å². The van der Waals surface area contributed by atoms with Gasteiger partial charge >= 0.3 is 5.97 Å². The Morgan fingerprint density at radius 3 is 2.55 bits per heavy atom. The van der Waals surface area contributed by atoms with Gasteiger partial charge in [0.15, 0.2) is 0 Å². The number of benzene rings is 2. The van der Waals surface area contributed by atoms with E-state index in [1.54, 1.807) is 25.3 Å². The lowest BCUT2D eigenvalue weighted by Gasteiger charge is -2.06. The lowest BCUT2D eigenvalue weighted by Crippen LogP contribution is -1.97. The van der Waals surface area contributed by atoms with Crippen LogP contribution in [0.3, 0.4) is 0 Å². The number of carboxylic acids is 1. The van der Waals surface area contributed by atoms with Gasteiger partial charge < -0.3 is 19.6 Å². The molecule has 22 heavy (non-hydrogen) atoms. The van der Waals surface area contributed by atoms with Gasteiger partial charge in [-0.2, -0.15) is 0 Å². The lowest BCUT2D eigenvalue weighted by atomic mass is 10.1. The normalized spacial score (nSPS) is 10.6. The summed E-state index contributed by atoms with van der Waals surface area (Å²) in [5.41, 5.74) is 2.06. The van der Waals surface area contributed by atoms with E-state index in [4.69, 9.17) is 14.6 Å². The Morgan fingerprint density at radius 2 is 1.86 bits per heavy atom. The quantitative estimate of drug-likeness (QED) is 0.756. The van der Waals surface area contributed by atoms with Crippen molar-refractivity contribution in [2.24, 2.45) is 0 Å². The number of ether oxygens (including phenoxy) is 2. The Balaban J connectivity index is 1.80. The van der Waals surface area contributed by atoms with E-state index in [0.717, 1.165) is 28.0 Å². The Kier molecular flexibility index (Phi) is 3.70. The van der Waals surface area contributed by atoms with Crippen molar-refractivity contribution in [3.05, 3.63) is 59.8 Å². The maximum atomic E-state index is 11.1. The number of hydrogen-bond acceptors (Lipinski definition) is 3. The number of carbonyl (C=O) groups is 1. The van der Waals surface area contributed by atoms with E-state index >= 15 is 0 Å². The number of rotatable bonds is 5. The molecule has 5 heteroatoms. The molecule has 3 aromatic rings. The summed E-state index contributed by atoms with van der Waals surface area (Å²) in [5.74, 6) is 0.556. The summed E-state index contributed by atoms with van der Waals surface area (Å²) in [6.45, 7) is 0.357. The summed E-state index contributed by atoms with van der Waals surface area (Å²) in [5, 5.41) is 9.93. The molecule has 2 N–H and O–H groups in total. The van der Waals surface area contributed by atoms with Crippen molar-refractivity contribution >= 4 is 16.9 Å². The minimum absolute atomic E-state index is 0.262. The molecule has 0 saturated heterocycles. The number of aromatic nitrogens is 1. The highest BCUT2D eigenvalue weighted by molar-refractivity contribution is 5.94. The van der Waals surface area contributed by atoms with E-state index in [2.05, 4.69) is 4.98 Å². The number of hydrogen-bond donors (Lipinski definition) is 2. The van der Waals surface area contributed by atoms with Crippen LogP contribution in [0, 0.1) is 0 Å². The van der Waals surface area contributed by atoms with E-state index in [1.165, 1.54) is 0 Å². The minimum Gasteiger partial charge on any atom is -0.497 e. The third kappa shape index (κ3) is 2.74. The molecule has 0 spiro atoms. The maximum Gasteiger partial charge on any atom is 0.335 e. The first kappa shape index (κ1) is 14.0. The fourth-order valence-electron chi connectivity index (χ4n) is 2.26. The van der Waals surface area contributed by atoms with Gasteiger partial charge in [0, 0.05) is 22.7 Å². The molecule has 0 fully saturated rings. The largest absolute Gasteiger partial charge is 0.497 e. The Labute approximate surface area is 127 Å². The van der Waals surface area contributed by atoms with Crippen molar-refractivity contribution in [1.82, 2.24) is 4.98 Å².